The number of hydrogen-bond donors (Lipinski definition) is 0. The zero-order valence-corrected chi connectivity index (χ0v) is 19.8. The first-order valence-electron chi connectivity index (χ1n) is 10.5. The van der Waals surface area contributed by atoms with Crippen LogP contribution < -0.4 is 9.47 Å². The van der Waals surface area contributed by atoms with E-state index in [-0.39, 0.29) is 22.6 Å². The van der Waals surface area contributed by atoms with Gasteiger partial charge in [0.2, 0.25) is 0 Å². The molecule has 5 nitrogen and oxygen atoms in total. The molecule has 0 aliphatic heterocycles. The van der Waals surface area contributed by atoms with Crippen molar-refractivity contribution in [1.29, 1.82) is 0 Å². The number of esters is 1. The van der Waals surface area contributed by atoms with E-state index in [1.165, 1.54) is 14.0 Å². The lowest BCUT2D eigenvalue weighted by molar-refractivity contribution is -0.132. The van der Waals surface area contributed by atoms with Crippen molar-refractivity contribution in [3.8, 4) is 11.5 Å². The quantitative estimate of drug-likeness (QED) is 0.233. The number of carbonyl (C=O) groups excluding carboxylic acids is 3. The molecule has 1 aliphatic carbocycles. The molecule has 0 aromatic heterocycles. The molecular formula is C25H31ClO5. The van der Waals surface area contributed by atoms with E-state index >= 15 is 0 Å². The summed E-state index contributed by atoms with van der Waals surface area (Å²) in [6, 6.07) is 0. The second-order valence-corrected chi connectivity index (χ2v) is 8.64. The van der Waals surface area contributed by atoms with Crippen molar-refractivity contribution >= 4 is 29.6 Å². The molecule has 6 heteroatoms. The van der Waals surface area contributed by atoms with E-state index in [0.29, 0.717) is 53.3 Å². The molecule has 0 bridgehead atoms. The number of halogens is 1. The van der Waals surface area contributed by atoms with Crippen LogP contribution >= 0.6 is 11.6 Å². The molecular weight excluding hydrogens is 416 g/mol. The lowest BCUT2D eigenvalue weighted by Crippen LogP contribution is -2.30. The third-order valence-electron chi connectivity index (χ3n) is 6.09. The highest BCUT2D eigenvalue weighted by Gasteiger charge is 2.31. The van der Waals surface area contributed by atoms with Gasteiger partial charge >= 0.3 is 5.97 Å². The highest BCUT2D eigenvalue weighted by Crippen LogP contribution is 2.42. The SMILES string of the molecule is COc1c(C=O)c(C)c(Cl)c(OC(C)=O)c1C/C=C(C)\C=C\C1C(C)CCC(=O)C1C. The summed E-state index contributed by atoms with van der Waals surface area (Å²) in [4.78, 5) is 35.4. The van der Waals surface area contributed by atoms with Crippen LogP contribution in [-0.4, -0.2) is 25.1 Å². The molecule has 3 unspecified atom stereocenters. The van der Waals surface area contributed by atoms with Crippen LogP contribution in [0, 0.1) is 24.7 Å². The fourth-order valence-corrected chi connectivity index (χ4v) is 4.37. The highest BCUT2D eigenvalue weighted by atomic mass is 35.5. The van der Waals surface area contributed by atoms with Crippen molar-refractivity contribution in [2.24, 2.45) is 17.8 Å². The molecule has 0 heterocycles. The summed E-state index contributed by atoms with van der Waals surface area (Å²) in [5.74, 6) is 1.07. The van der Waals surface area contributed by atoms with Gasteiger partial charge in [0.15, 0.2) is 12.0 Å². The predicted octanol–water partition coefficient (Wildman–Crippen LogP) is 5.69. The Kier molecular flexibility index (Phi) is 8.63. The molecule has 0 radical (unpaired) electrons. The molecule has 0 saturated heterocycles. The van der Waals surface area contributed by atoms with Gasteiger partial charge in [0, 0.05) is 24.8 Å². The lowest BCUT2D eigenvalue weighted by atomic mass is 9.72. The molecule has 0 N–H and O–H groups in total. The van der Waals surface area contributed by atoms with E-state index in [0.717, 1.165) is 12.0 Å². The Hall–Kier alpha value is -2.40. The largest absolute Gasteiger partial charge is 0.496 e. The number of ketones is 1. The first kappa shape index (κ1) is 24.9. The maximum Gasteiger partial charge on any atom is 0.308 e. The average molecular weight is 447 g/mol. The molecule has 1 aromatic rings. The Balaban J connectivity index is 2.39. The van der Waals surface area contributed by atoms with Gasteiger partial charge in [-0.25, -0.2) is 0 Å². The van der Waals surface area contributed by atoms with Gasteiger partial charge in [0.25, 0.3) is 0 Å². The number of carbonyl (C=O) groups is 3. The summed E-state index contributed by atoms with van der Waals surface area (Å²) in [6.45, 7) is 9.13. The molecule has 0 spiro atoms. The summed E-state index contributed by atoms with van der Waals surface area (Å²) in [5.41, 5.74) is 2.36. The maximum absolute atomic E-state index is 12.1. The number of Topliss-reactive ketones (excluding diaryl/α,β-unsaturated/α-hetero) is 1. The number of methoxy groups -OCH3 is 1. The minimum absolute atomic E-state index is 0.0227. The summed E-state index contributed by atoms with van der Waals surface area (Å²) in [6.07, 6.45) is 8.72. The van der Waals surface area contributed by atoms with Gasteiger partial charge in [0.1, 0.15) is 11.5 Å². The molecule has 1 saturated carbocycles. The standard InChI is InChI=1S/C25H31ClO5/c1-14(7-10-19-15(2)9-12-22(29)16(19)3)8-11-20-24(30-6)21(13-27)17(4)23(26)25(20)31-18(5)28/h7-8,10,13,15-16,19H,9,11-12H2,1-6H3/b10-7+,14-8-. The van der Waals surface area contributed by atoms with Crippen LogP contribution in [0.15, 0.2) is 23.8 Å². The number of hydrogen-bond acceptors (Lipinski definition) is 5. The molecule has 1 aromatic carbocycles. The number of aldehydes is 1. The zero-order valence-electron chi connectivity index (χ0n) is 19.1. The Morgan fingerprint density at radius 3 is 2.48 bits per heavy atom. The highest BCUT2D eigenvalue weighted by molar-refractivity contribution is 6.33. The van der Waals surface area contributed by atoms with Crippen molar-refractivity contribution in [2.75, 3.05) is 7.11 Å². The van der Waals surface area contributed by atoms with Gasteiger partial charge in [0.05, 0.1) is 17.7 Å². The number of benzene rings is 1. The third-order valence-corrected chi connectivity index (χ3v) is 6.55. The molecule has 0 amide bonds. The van der Waals surface area contributed by atoms with Gasteiger partial charge in [-0.3, -0.25) is 14.4 Å². The second kappa shape index (κ2) is 10.8. The van der Waals surface area contributed by atoms with Crippen LogP contribution in [0.2, 0.25) is 5.02 Å². The Bertz CT molecular complexity index is 929. The van der Waals surface area contributed by atoms with E-state index < -0.39 is 5.97 Å². The normalized spacial score (nSPS) is 22.0. The van der Waals surface area contributed by atoms with Gasteiger partial charge in [-0.2, -0.15) is 0 Å². The molecule has 168 valence electrons. The van der Waals surface area contributed by atoms with E-state index in [1.54, 1.807) is 6.92 Å². The molecule has 3 atom stereocenters. The zero-order chi connectivity index (χ0) is 23.3. The minimum Gasteiger partial charge on any atom is -0.496 e. The van der Waals surface area contributed by atoms with Crippen LogP contribution in [0.25, 0.3) is 0 Å². The van der Waals surface area contributed by atoms with Crippen molar-refractivity contribution in [3.05, 3.63) is 45.5 Å². The fourth-order valence-electron chi connectivity index (χ4n) is 4.12. The van der Waals surface area contributed by atoms with E-state index in [9.17, 15) is 14.4 Å². The molecule has 1 aliphatic rings. The van der Waals surface area contributed by atoms with Gasteiger partial charge in [-0.05, 0) is 44.1 Å². The first-order valence-corrected chi connectivity index (χ1v) is 10.9. The van der Waals surface area contributed by atoms with Crippen LogP contribution in [0.1, 0.15) is 62.0 Å². The average Bonchev–Trinajstić information content (AvgIpc) is 2.72. The molecule has 2 rings (SSSR count). The van der Waals surface area contributed by atoms with Crippen LogP contribution in [0.3, 0.4) is 0 Å². The number of rotatable bonds is 7. The van der Waals surface area contributed by atoms with Crippen LogP contribution in [0.5, 0.6) is 11.5 Å². The van der Waals surface area contributed by atoms with Crippen molar-refractivity contribution in [3.63, 3.8) is 0 Å². The Labute approximate surface area is 189 Å². The Morgan fingerprint density at radius 2 is 1.90 bits per heavy atom. The van der Waals surface area contributed by atoms with Gasteiger partial charge in [-0.1, -0.05) is 49.2 Å². The smallest absolute Gasteiger partial charge is 0.308 e. The van der Waals surface area contributed by atoms with Crippen molar-refractivity contribution in [1.82, 2.24) is 0 Å². The maximum atomic E-state index is 12.1. The van der Waals surface area contributed by atoms with E-state index in [4.69, 9.17) is 21.1 Å². The lowest BCUT2D eigenvalue weighted by Gasteiger charge is -2.31. The fraction of sp³-hybridized carbons (Fsp3) is 0.480. The number of allylic oxidation sites excluding steroid dienone is 4. The van der Waals surface area contributed by atoms with Gasteiger partial charge < -0.3 is 9.47 Å². The third kappa shape index (κ3) is 5.65. The number of ether oxygens (including phenoxy) is 2. The monoisotopic (exact) mass is 446 g/mol. The topological polar surface area (TPSA) is 69.7 Å². The van der Waals surface area contributed by atoms with Crippen LogP contribution in [-0.2, 0) is 16.0 Å². The first-order chi connectivity index (χ1) is 14.6. The summed E-state index contributed by atoms with van der Waals surface area (Å²) < 4.78 is 10.9. The van der Waals surface area contributed by atoms with Crippen molar-refractivity contribution < 1.29 is 23.9 Å². The van der Waals surface area contributed by atoms with Crippen molar-refractivity contribution in [2.45, 2.75) is 53.9 Å². The van der Waals surface area contributed by atoms with E-state index in [1.807, 2.05) is 26.0 Å². The minimum atomic E-state index is -0.506. The van der Waals surface area contributed by atoms with E-state index in [2.05, 4.69) is 13.0 Å². The summed E-state index contributed by atoms with van der Waals surface area (Å²) in [5, 5.41) is 0.220. The summed E-state index contributed by atoms with van der Waals surface area (Å²) >= 11 is 6.42. The van der Waals surface area contributed by atoms with Gasteiger partial charge in [-0.15, -0.1) is 0 Å². The Morgan fingerprint density at radius 1 is 1.23 bits per heavy atom. The molecule has 1 fully saturated rings. The molecule has 31 heavy (non-hydrogen) atoms. The van der Waals surface area contributed by atoms with Crippen LogP contribution in [0.4, 0.5) is 0 Å². The summed E-state index contributed by atoms with van der Waals surface area (Å²) in [7, 11) is 1.47. The second-order valence-electron chi connectivity index (χ2n) is 8.26. The predicted molar refractivity (Wildman–Crippen MR) is 122 cm³/mol.